The lowest BCUT2D eigenvalue weighted by atomic mass is 9.96. The molecule has 1 aromatic carbocycles. The fourth-order valence-electron chi connectivity index (χ4n) is 2.56. The normalized spacial score (nSPS) is 24.8. The van der Waals surface area contributed by atoms with Gasteiger partial charge in [0.2, 0.25) is 0 Å². The Labute approximate surface area is 108 Å². The summed E-state index contributed by atoms with van der Waals surface area (Å²) < 4.78 is 0. The van der Waals surface area contributed by atoms with Gasteiger partial charge in [-0.05, 0) is 57.4 Å². The average molecular weight is 252 g/mol. The molecule has 1 aliphatic heterocycles. The first-order chi connectivity index (χ1) is 8.09. The summed E-state index contributed by atoms with van der Waals surface area (Å²) in [6, 6.07) is 7.82. The minimum atomic E-state index is 0.126. The zero-order valence-electron chi connectivity index (χ0n) is 10.3. The van der Waals surface area contributed by atoms with Crippen LogP contribution in [0, 0.1) is 0 Å². The van der Waals surface area contributed by atoms with Crippen LogP contribution in [0.25, 0.3) is 0 Å². The lowest BCUT2D eigenvalue weighted by Gasteiger charge is -2.39. The van der Waals surface area contributed by atoms with E-state index in [1.807, 2.05) is 4.90 Å². The molecule has 2 nitrogen and oxygen atoms in total. The molecule has 1 saturated heterocycles. The zero-order valence-corrected chi connectivity index (χ0v) is 11.1. The molecule has 0 saturated carbocycles. The van der Waals surface area contributed by atoms with E-state index >= 15 is 0 Å². The molecule has 2 rings (SSSR count). The van der Waals surface area contributed by atoms with Crippen LogP contribution in [0.4, 0.5) is 0 Å². The number of hydrogen-bond acceptors (Lipinski definition) is 1. The van der Waals surface area contributed by atoms with Gasteiger partial charge in [-0.15, -0.1) is 0 Å². The number of halogens is 1. The number of hydrogen-bond donors (Lipinski definition) is 0. The average Bonchev–Trinajstić information content (AvgIpc) is 2.29. The van der Waals surface area contributed by atoms with Crippen LogP contribution in [0.3, 0.4) is 0 Å². The molecule has 0 spiro atoms. The van der Waals surface area contributed by atoms with E-state index in [9.17, 15) is 4.79 Å². The monoisotopic (exact) mass is 251 g/mol. The van der Waals surface area contributed by atoms with Crippen molar-refractivity contribution < 1.29 is 4.79 Å². The second-order valence-corrected chi connectivity index (χ2v) is 5.28. The maximum Gasteiger partial charge on any atom is 0.254 e. The summed E-state index contributed by atoms with van der Waals surface area (Å²) in [5, 5.41) is 0.668. The third-order valence-corrected chi connectivity index (χ3v) is 3.77. The van der Waals surface area contributed by atoms with Crippen molar-refractivity contribution in [2.45, 2.75) is 45.2 Å². The fraction of sp³-hybridized carbons (Fsp3) is 0.500. The van der Waals surface area contributed by atoms with Gasteiger partial charge >= 0.3 is 0 Å². The lowest BCUT2D eigenvalue weighted by molar-refractivity contribution is 0.0511. The van der Waals surface area contributed by atoms with Crippen LogP contribution in [0.1, 0.15) is 43.5 Å². The van der Waals surface area contributed by atoms with Crippen LogP contribution in [0.15, 0.2) is 24.3 Å². The van der Waals surface area contributed by atoms with Gasteiger partial charge in [0.1, 0.15) is 0 Å². The second-order valence-electron chi connectivity index (χ2n) is 4.85. The summed E-state index contributed by atoms with van der Waals surface area (Å²) in [4.78, 5) is 14.4. The number of rotatable bonds is 1. The molecule has 0 bridgehead atoms. The van der Waals surface area contributed by atoms with Crippen LogP contribution >= 0.6 is 11.6 Å². The number of benzene rings is 1. The first-order valence-corrected chi connectivity index (χ1v) is 6.55. The zero-order chi connectivity index (χ0) is 12.4. The molecule has 0 unspecified atom stereocenters. The highest BCUT2D eigenvalue weighted by Gasteiger charge is 2.29. The Balaban J connectivity index is 2.20. The van der Waals surface area contributed by atoms with Crippen molar-refractivity contribution in [3.05, 3.63) is 34.9 Å². The summed E-state index contributed by atoms with van der Waals surface area (Å²) in [5.74, 6) is 0.126. The van der Waals surface area contributed by atoms with Gasteiger partial charge in [0.05, 0.1) is 0 Å². The topological polar surface area (TPSA) is 20.3 Å². The molecule has 1 fully saturated rings. The van der Waals surface area contributed by atoms with E-state index in [0.717, 1.165) is 18.4 Å². The standard InChI is InChI=1S/C14H18ClNO/c1-10-4-3-5-11(2)16(10)14(17)12-6-8-13(15)9-7-12/h6-11H,3-5H2,1-2H3/t10-,11+. The first kappa shape index (κ1) is 12.4. The van der Waals surface area contributed by atoms with Crippen LogP contribution in [0.2, 0.25) is 5.02 Å². The van der Waals surface area contributed by atoms with Crippen molar-refractivity contribution >= 4 is 17.5 Å². The SMILES string of the molecule is C[C@@H]1CCC[C@H](C)N1C(=O)c1ccc(Cl)cc1. The van der Waals surface area contributed by atoms with Crippen LogP contribution in [-0.4, -0.2) is 22.9 Å². The van der Waals surface area contributed by atoms with Gasteiger partial charge in [-0.3, -0.25) is 4.79 Å². The molecule has 1 heterocycles. The summed E-state index contributed by atoms with van der Waals surface area (Å²) in [6.07, 6.45) is 3.42. The summed E-state index contributed by atoms with van der Waals surface area (Å²) in [6.45, 7) is 4.26. The summed E-state index contributed by atoms with van der Waals surface area (Å²) in [5.41, 5.74) is 0.731. The number of piperidine rings is 1. The molecule has 3 heteroatoms. The maximum atomic E-state index is 12.4. The van der Waals surface area contributed by atoms with E-state index in [-0.39, 0.29) is 5.91 Å². The number of likely N-dealkylation sites (tertiary alicyclic amines) is 1. The van der Waals surface area contributed by atoms with Crippen molar-refractivity contribution in [3.63, 3.8) is 0 Å². The van der Waals surface area contributed by atoms with E-state index in [1.165, 1.54) is 6.42 Å². The molecule has 2 atom stereocenters. The Morgan fingerprint density at radius 1 is 1.18 bits per heavy atom. The third kappa shape index (κ3) is 2.63. The van der Waals surface area contributed by atoms with E-state index in [1.54, 1.807) is 24.3 Å². The van der Waals surface area contributed by atoms with Crippen molar-refractivity contribution in [1.82, 2.24) is 4.90 Å². The highest BCUT2D eigenvalue weighted by atomic mass is 35.5. The second kappa shape index (κ2) is 5.09. The molecular weight excluding hydrogens is 234 g/mol. The van der Waals surface area contributed by atoms with Crippen molar-refractivity contribution in [1.29, 1.82) is 0 Å². The predicted molar refractivity (Wildman–Crippen MR) is 70.4 cm³/mol. The number of nitrogens with zero attached hydrogens (tertiary/aromatic N) is 1. The first-order valence-electron chi connectivity index (χ1n) is 6.18. The van der Waals surface area contributed by atoms with Gasteiger partial charge in [0.25, 0.3) is 5.91 Å². The molecular formula is C14H18ClNO. The smallest absolute Gasteiger partial charge is 0.254 e. The lowest BCUT2D eigenvalue weighted by Crippen LogP contribution is -2.47. The minimum absolute atomic E-state index is 0.126. The molecule has 1 aromatic rings. The van der Waals surface area contributed by atoms with E-state index in [4.69, 9.17) is 11.6 Å². The van der Waals surface area contributed by atoms with Gasteiger partial charge in [0, 0.05) is 22.7 Å². The Morgan fingerprint density at radius 3 is 2.24 bits per heavy atom. The van der Waals surface area contributed by atoms with Crippen molar-refractivity contribution in [2.24, 2.45) is 0 Å². The van der Waals surface area contributed by atoms with Gasteiger partial charge in [-0.2, -0.15) is 0 Å². The minimum Gasteiger partial charge on any atom is -0.333 e. The largest absolute Gasteiger partial charge is 0.333 e. The van der Waals surface area contributed by atoms with Gasteiger partial charge in [-0.1, -0.05) is 11.6 Å². The molecule has 0 N–H and O–H groups in total. The quantitative estimate of drug-likeness (QED) is 0.745. The Kier molecular flexibility index (Phi) is 3.72. The predicted octanol–water partition coefficient (Wildman–Crippen LogP) is 3.74. The van der Waals surface area contributed by atoms with Crippen molar-refractivity contribution in [2.75, 3.05) is 0 Å². The van der Waals surface area contributed by atoms with E-state index in [0.29, 0.717) is 17.1 Å². The van der Waals surface area contributed by atoms with Crippen LogP contribution in [-0.2, 0) is 0 Å². The molecule has 1 amide bonds. The number of amides is 1. The molecule has 0 radical (unpaired) electrons. The van der Waals surface area contributed by atoms with E-state index in [2.05, 4.69) is 13.8 Å². The molecule has 92 valence electrons. The van der Waals surface area contributed by atoms with Gasteiger partial charge in [0.15, 0.2) is 0 Å². The highest BCUT2D eigenvalue weighted by Crippen LogP contribution is 2.24. The van der Waals surface area contributed by atoms with Gasteiger partial charge in [-0.25, -0.2) is 0 Å². The van der Waals surface area contributed by atoms with Crippen LogP contribution in [0.5, 0.6) is 0 Å². The Hall–Kier alpha value is -1.02. The van der Waals surface area contributed by atoms with Crippen LogP contribution < -0.4 is 0 Å². The number of carbonyl (C=O) groups excluding carboxylic acids is 1. The third-order valence-electron chi connectivity index (χ3n) is 3.52. The fourth-order valence-corrected chi connectivity index (χ4v) is 2.69. The molecule has 17 heavy (non-hydrogen) atoms. The van der Waals surface area contributed by atoms with Crippen molar-refractivity contribution in [3.8, 4) is 0 Å². The Morgan fingerprint density at radius 2 is 1.71 bits per heavy atom. The molecule has 1 aliphatic rings. The van der Waals surface area contributed by atoms with E-state index < -0.39 is 0 Å². The summed E-state index contributed by atoms with van der Waals surface area (Å²) >= 11 is 5.83. The Bertz CT molecular complexity index is 391. The highest BCUT2D eigenvalue weighted by molar-refractivity contribution is 6.30. The summed E-state index contributed by atoms with van der Waals surface area (Å²) in [7, 11) is 0. The molecule has 0 aromatic heterocycles. The maximum absolute atomic E-state index is 12.4. The van der Waals surface area contributed by atoms with Gasteiger partial charge < -0.3 is 4.90 Å². The molecule has 0 aliphatic carbocycles. The number of carbonyl (C=O) groups is 1.